The normalized spacial score (nSPS) is 18.4. The van der Waals surface area contributed by atoms with Gasteiger partial charge >= 0.3 is 0 Å². The minimum atomic E-state index is -0.223. The molecule has 30 heavy (non-hydrogen) atoms. The molecule has 0 bridgehead atoms. The summed E-state index contributed by atoms with van der Waals surface area (Å²) in [5, 5.41) is 9.18. The average molecular weight is 416 g/mol. The van der Waals surface area contributed by atoms with Crippen molar-refractivity contribution in [3.8, 4) is 5.75 Å². The molecule has 7 nitrogen and oxygen atoms in total. The van der Waals surface area contributed by atoms with Gasteiger partial charge in [0.1, 0.15) is 11.4 Å². The van der Waals surface area contributed by atoms with E-state index in [1.807, 2.05) is 56.9 Å². The number of amides is 2. The summed E-state index contributed by atoms with van der Waals surface area (Å²) < 4.78 is 5.72. The van der Waals surface area contributed by atoms with Gasteiger partial charge in [0.25, 0.3) is 11.8 Å². The van der Waals surface area contributed by atoms with Crippen LogP contribution in [0.1, 0.15) is 33.3 Å². The molecule has 7 heteroatoms. The van der Waals surface area contributed by atoms with E-state index in [1.165, 1.54) is 4.90 Å². The number of ether oxygens (including phenoxy) is 1. The number of rotatable bonds is 8. The smallest absolute Gasteiger partial charge is 0.277 e. The summed E-state index contributed by atoms with van der Waals surface area (Å²) in [4.78, 5) is 32.1. The average Bonchev–Trinajstić information content (AvgIpc) is 2.93. The zero-order valence-electron chi connectivity index (χ0n) is 18.4. The van der Waals surface area contributed by atoms with Gasteiger partial charge in [-0.2, -0.15) is 0 Å². The summed E-state index contributed by atoms with van der Waals surface area (Å²) in [7, 11) is 0. The number of aliphatic hydroxyl groups excluding tert-OH is 1. The summed E-state index contributed by atoms with van der Waals surface area (Å²) in [6.07, 6.45) is 0.0667. The van der Waals surface area contributed by atoms with Crippen molar-refractivity contribution in [3.05, 3.63) is 35.5 Å². The first kappa shape index (κ1) is 22.3. The lowest BCUT2D eigenvalue weighted by atomic mass is 10.0. The molecule has 0 radical (unpaired) electrons. The Kier molecular flexibility index (Phi) is 7.15. The van der Waals surface area contributed by atoms with Gasteiger partial charge in [-0.05, 0) is 37.5 Å². The number of aliphatic hydroxyl groups is 1. The van der Waals surface area contributed by atoms with E-state index in [2.05, 4.69) is 4.90 Å². The maximum absolute atomic E-state index is 13.3. The minimum absolute atomic E-state index is 0.0667. The lowest BCUT2D eigenvalue weighted by Crippen LogP contribution is -2.48. The van der Waals surface area contributed by atoms with Crippen molar-refractivity contribution in [1.29, 1.82) is 0 Å². The summed E-state index contributed by atoms with van der Waals surface area (Å²) in [6.45, 7) is 11.9. The van der Waals surface area contributed by atoms with Crippen molar-refractivity contribution in [1.82, 2.24) is 14.7 Å². The van der Waals surface area contributed by atoms with E-state index in [9.17, 15) is 14.7 Å². The van der Waals surface area contributed by atoms with Crippen molar-refractivity contribution < 1.29 is 19.4 Å². The number of nitrogens with zero attached hydrogens (tertiary/aromatic N) is 3. The SMILES string of the molecule is CC(C)CN1C(=O)C(c2ccc(OC(C)C)cc2)=C(N2CCN(CCO)CC2)C1=O. The van der Waals surface area contributed by atoms with E-state index in [1.54, 1.807) is 0 Å². The Hall–Kier alpha value is -2.38. The Labute approximate surface area is 178 Å². The molecule has 1 aromatic carbocycles. The predicted octanol–water partition coefficient (Wildman–Crippen LogP) is 1.82. The molecule has 2 aliphatic heterocycles. The van der Waals surface area contributed by atoms with Crippen LogP contribution in [0.25, 0.3) is 5.57 Å². The molecule has 1 aromatic rings. The predicted molar refractivity (Wildman–Crippen MR) is 116 cm³/mol. The Balaban J connectivity index is 1.93. The fourth-order valence-corrected chi connectivity index (χ4v) is 3.96. The highest BCUT2D eigenvalue weighted by Crippen LogP contribution is 2.33. The van der Waals surface area contributed by atoms with Gasteiger partial charge < -0.3 is 14.7 Å². The lowest BCUT2D eigenvalue weighted by Gasteiger charge is -2.36. The molecule has 0 saturated carbocycles. The third kappa shape index (κ3) is 4.84. The van der Waals surface area contributed by atoms with Crippen LogP contribution in [0.5, 0.6) is 5.75 Å². The maximum Gasteiger partial charge on any atom is 0.277 e. The second-order valence-corrected chi connectivity index (χ2v) is 8.58. The first-order chi connectivity index (χ1) is 14.3. The van der Waals surface area contributed by atoms with E-state index < -0.39 is 0 Å². The van der Waals surface area contributed by atoms with Gasteiger partial charge in [0.15, 0.2) is 0 Å². The van der Waals surface area contributed by atoms with Crippen LogP contribution in [0.4, 0.5) is 0 Å². The number of piperazine rings is 1. The van der Waals surface area contributed by atoms with E-state index in [0.717, 1.165) is 24.4 Å². The van der Waals surface area contributed by atoms with Crippen molar-refractivity contribution in [2.75, 3.05) is 45.9 Å². The van der Waals surface area contributed by atoms with Gasteiger partial charge in [-0.3, -0.25) is 19.4 Å². The van der Waals surface area contributed by atoms with Gasteiger partial charge in [0, 0.05) is 39.3 Å². The van der Waals surface area contributed by atoms with Crippen molar-refractivity contribution in [2.45, 2.75) is 33.8 Å². The van der Waals surface area contributed by atoms with Crippen molar-refractivity contribution >= 4 is 17.4 Å². The highest BCUT2D eigenvalue weighted by atomic mass is 16.5. The molecule has 0 aliphatic carbocycles. The molecule has 2 amide bonds. The molecule has 0 unspecified atom stereocenters. The standard InChI is InChI=1S/C23H33N3O4/c1-16(2)15-26-22(28)20(18-5-7-19(8-6-18)30-17(3)4)21(23(26)29)25-11-9-24(10-12-25)13-14-27/h5-8,16-17,27H,9-15H2,1-4H3. The number of imide groups is 1. The third-order valence-corrected chi connectivity index (χ3v) is 5.31. The molecule has 0 aromatic heterocycles. The summed E-state index contributed by atoms with van der Waals surface area (Å²) in [6, 6.07) is 7.42. The van der Waals surface area contributed by atoms with E-state index in [-0.39, 0.29) is 30.4 Å². The molecule has 3 rings (SSSR count). The second-order valence-electron chi connectivity index (χ2n) is 8.58. The number of β-amino-alcohol motifs (C(OH)–C–C–N with tert-alkyl or cyclic N) is 1. The number of hydrogen-bond acceptors (Lipinski definition) is 6. The first-order valence-electron chi connectivity index (χ1n) is 10.8. The van der Waals surface area contributed by atoms with Crippen LogP contribution in [-0.2, 0) is 9.59 Å². The van der Waals surface area contributed by atoms with Crippen molar-refractivity contribution in [3.63, 3.8) is 0 Å². The largest absolute Gasteiger partial charge is 0.491 e. The summed E-state index contributed by atoms with van der Waals surface area (Å²) >= 11 is 0. The molecule has 0 spiro atoms. The van der Waals surface area contributed by atoms with Crippen LogP contribution >= 0.6 is 0 Å². The third-order valence-electron chi connectivity index (χ3n) is 5.31. The molecule has 2 heterocycles. The molecule has 2 aliphatic rings. The van der Waals surface area contributed by atoms with Gasteiger partial charge in [0.2, 0.25) is 0 Å². The van der Waals surface area contributed by atoms with Gasteiger partial charge in [-0.1, -0.05) is 26.0 Å². The molecule has 1 saturated heterocycles. The molecular formula is C23H33N3O4. The Morgan fingerprint density at radius 2 is 1.60 bits per heavy atom. The molecule has 1 fully saturated rings. The quantitative estimate of drug-likeness (QED) is 0.653. The van der Waals surface area contributed by atoms with Gasteiger partial charge in [-0.25, -0.2) is 0 Å². The van der Waals surface area contributed by atoms with Crippen LogP contribution in [0.3, 0.4) is 0 Å². The fraction of sp³-hybridized carbons (Fsp3) is 0.565. The van der Waals surface area contributed by atoms with E-state index >= 15 is 0 Å². The zero-order chi connectivity index (χ0) is 21.8. The van der Waals surface area contributed by atoms with Crippen LogP contribution < -0.4 is 4.74 Å². The lowest BCUT2D eigenvalue weighted by molar-refractivity contribution is -0.138. The Bertz CT molecular complexity index is 793. The number of hydrogen-bond donors (Lipinski definition) is 1. The highest BCUT2D eigenvalue weighted by molar-refractivity contribution is 6.35. The van der Waals surface area contributed by atoms with Crippen molar-refractivity contribution in [2.24, 2.45) is 5.92 Å². The van der Waals surface area contributed by atoms with Crippen LogP contribution in [0.15, 0.2) is 30.0 Å². The van der Waals surface area contributed by atoms with Gasteiger partial charge in [-0.15, -0.1) is 0 Å². The molecule has 0 atom stereocenters. The monoisotopic (exact) mass is 415 g/mol. The number of benzene rings is 1. The summed E-state index contributed by atoms with van der Waals surface area (Å²) in [5.41, 5.74) is 1.72. The van der Waals surface area contributed by atoms with Crippen LogP contribution in [-0.4, -0.2) is 83.6 Å². The van der Waals surface area contributed by atoms with Crippen LogP contribution in [0.2, 0.25) is 0 Å². The zero-order valence-corrected chi connectivity index (χ0v) is 18.4. The molecule has 164 valence electrons. The fourth-order valence-electron chi connectivity index (χ4n) is 3.96. The van der Waals surface area contributed by atoms with Crippen LogP contribution in [0, 0.1) is 5.92 Å². The number of carbonyl (C=O) groups excluding carboxylic acids is 2. The topological polar surface area (TPSA) is 73.3 Å². The summed E-state index contributed by atoms with van der Waals surface area (Å²) in [5.74, 6) is 0.506. The Morgan fingerprint density at radius 1 is 0.967 bits per heavy atom. The van der Waals surface area contributed by atoms with E-state index in [0.29, 0.717) is 37.4 Å². The highest BCUT2D eigenvalue weighted by Gasteiger charge is 2.42. The molecular weight excluding hydrogens is 382 g/mol. The number of carbonyl (C=O) groups is 2. The molecule has 1 N–H and O–H groups in total. The van der Waals surface area contributed by atoms with E-state index in [4.69, 9.17) is 4.74 Å². The maximum atomic E-state index is 13.3. The van der Waals surface area contributed by atoms with Gasteiger partial charge in [0.05, 0.1) is 18.3 Å². The first-order valence-corrected chi connectivity index (χ1v) is 10.8. The minimum Gasteiger partial charge on any atom is -0.491 e. The second kappa shape index (κ2) is 9.62. The Morgan fingerprint density at radius 3 is 2.13 bits per heavy atom.